The summed E-state index contributed by atoms with van der Waals surface area (Å²) in [5.41, 5.74) is 3.86. The Balaban J connectivity index is 1.73. The highest BCUT2D eigenvalue weighted by Gasteiger charge is 2.12. The van der Waals surface area contributed by atoms with Crippen LogP contribution in [0.4, 0.5) is 0 Å². The number of benzene rings is 2. The van der Waals surface area contributed by atoms with E-state index in [0.29, 0.717) is 5.71 Å². The maximum absolute atomic E-state index is 5.88. The molecule has 0 aliphatic carbocycles. The molecule has 0 aliphatic heterocycles. The zero-order valence-electron chi connectivity index (χ0n) is 13.1. The maximum atomic E-state index is 5.88. The number of hydrogen-bond donors (Lipinski definition) is 0. The van der Waals surface area contributed by atoms with Crippen LogP contribution in [0.3, 0.4) is 0 Å². The summed E-state index contributed by atoms with van der Waals surface area (Å²) < 4.78 is 11.7. The number of rotatable bonds is 5. The Kier molecular flexibility index (Phi) is 3.58. The molecule has 0 aliphatic rings. The van der Waals surface area contributed by atoms with E-state index in [1.165, 1.54) is 12.8 Å². The number of nitrogens with zero attached hydrogens (tertiary/aromatic N) is 2. The van der Waals surface area contributed by atoms with Crippen molar-refractivity contribution in [3.63, 3.8) is 0 Å². The fourth-order valence-corrected chi connectivity index (χ4v) is 2.75. The van der Waals surface area contributed by atoms with Gasteiger partial charge < -0.3 is 9.15 Å². The molecule has 23 heavy (non-hydrogen) atoms. The van der Waals surface area contributed by atoms with Crippen LogP contribution in [0.1, 0.15) is 26.2 Å². The summed E-state index contributed by atoms with van der Waals surface area (Å²) >= 11 is 0. The fourth-order valence-electron chi connectivity index (χ4n) is 2.75. The van der Waals surface area contributed by atoms with Crippen LogP contribution in [0.15, 0.2) is 46.9 Å². The molecule has 4 nitrogen and oxygen atoms in total. The molecule has 0 unspecified atom stereocenters. The summed E-state index contributed by atoms with van der Waals surface area (Å²) in [7, 11) is 0. The standard InChI is InChI=1S/C19H18N2O2/c1-2-3-6-11-22-13-9-10-14-17(12-13)23-19-18(14)20-15-7-4-5-8-16(15)21-19/h4-5,7-10,12H,2-3,6,11H2,1H3. The van der Waals surface area contributed by atoms with Gasteiger partial charge in [-0.1, -0.05) is 31.9 Å². The largest absolute Gasteiger partial charge is 0.493 e. The van der Waals surface area contributed by atoms with Crippen LogP contribution in [-0.4, -0.2) is 16.6 Å². The lowest BCUT2D eigenvalue weighted by molar-refractivity contribution is 0.306. The molecule has 2 aromatic heterocycles. The van der Waals surface area contributed by atoms with Crippen molar-refractivity contribution in [1.82, 2.24) is 9.97 Å². The smallest absolute Gasteiger partial charge is 0.246 e. The van der Waals surface area contributed by atoms with Gasteiger partial charge in [-0.25, -0.2) is 9.97 Å². The first-order chi connectivity index (χ1) is 11.3. The van der Waals surface area contributed by atoms with Gasteiger partial charge in [-0.3, -0.25) is 0 Å². The minimum absolute atomic E-state index is 0.571. The van der Waals surface area contributed by atoms with Gasteiger partial charge in [0.2, 0.25) is 5.71 Å². The van der Waals surface area contributed by atoms with E-state index >= 15 is 0 Å². The lowest BCUT2D eigenvalue weighted by Gasteiger charge is -2.04. The van der Waals surface area contributed by atoms with Crippen LogP contribution in [0.5, 0.6) is 5.75 Å². The number of furan rings is 1. The van der Waals surface area contributed by atoms with Gasteiger partial charge in [0.15, 0.2) is 0 Å². The van der Waals surface area contributed by atoms with Crippen molar-refractivity contribution in [3.8, 4) is 5.75 Å². The monoisotopic (exact) mass is 306 g/mol. The molecule has 0 bridgehead atoms. The highest BCUT2D eigenvalue weighted by molar-refractivity contribution is 6.03. The van der Waals surface area contributed by atoms with Crippen molar-refractivity contribution >= 4 is 33.2 Å². The van der Waals surface area contributed by atoms with E-state index in [0.717, 1.165) is 46.3 Å². The van der Waals surface area contributed by atoms with E-state index in [1.54, 1.807) is 0 Å². The number of ether oxygens (including phenoxy) is 1. The molecular weight excluding hydrogens is 288 g/mol. The Morgan fingerprint density at radius 1 is 1.00 bits per heavy atom. The average Bonchev–Trinajstić information content (AvgIpc) is 2.93. The fraction of sp³-hybridized carbons (Fsp3) is 0.263. The molecule has 4 rings (SSSR count). The summed E-state index contributed by atoms with van der Waals surface area (Å²) in [6, 6.07) is 13.7. The van der Waals surface area contributed by atoms with Crippen LogP contribution < -0.4 is 4.74 Å². The van der Waals surface area contributed by atoms with Gasteiger partial charge in [-0.2, -0.15) is 0 Å². The zero-order valence-corrected chi connectivity index (χ0v) is 13.1. The average molecular weight is 306 g/mol. The van der Waals surface area contributed by atoms with Crippen molar-refractivity contribution in [2.45, 2.75) is 26.2 Å². The second kappa shape index (κ2) is 5.88. The molecule has 116 valence electrons. The highest BCUT2D eigenvalue weighted by Crippen LogP contribution is 2.30. The molecule has 0 fully saturated rings. The number of aromatic nitrogens is 2. The third-order valence-corrected chi connectivity index (χ3v) is 3.97. The lowest BCUT2D eigenvalue weighted by Crippen LogP contribution is -1.96. The van der Waals surface area contributed by atoms with Crippen molar-refractivity contribution in [3.05, 3.63) is 42.5 Å². The Labute approximate surface area is 134 Å². The Bertz CT molecular complexity index is 975. The van der Waals surface area contributed by atoms with Gasteiger partial charge in [0.25, 0.3) is 0 Å². The summed E-state index contributed by atoms with van der Waals surface area (Å²) in [5.74, 6) is 0.831. The van der Waals surface area contributed by atoms with Gasteiger partial charge in [-0.05, 0) is 30.7 Å². The number of fused-ring (bicyclic) bond motifs is 4. The summed E-state index contributed by atoms with van der Waals surface area (Å²) in [4.78, 5) is 9.25. The van der Waals surface area contributed by atoms with Crippen LogP contribution in [0.2, 0.25) is 0 Å². The summed E-state index contributed by atoms with van der Waals surface area (Å²) in [6.07, 6.45) is 3.45. The minimum Gasteiger partial charge on any atom is -0.493 e. The first-order valence-corrected chi connectivity index (χ1v) is 8.07. The SMILES string of the molecule is CCCCCOc1ccc2c(c1)oc1nc3ccccc3nc12. The van der Waals surface area contributed by atoms with E-state index < -0.39 is 0 Å². The predicted molar refractivity (Wildman–Crippen MR) is 91.8 cm³/mol. The first kappa shape index (κ1) is 14.0. The molecule has 4 aromatic rings. The van der Waals surface area contributed by atoms with Crippen LogP contribution in [-0.2, 0) is 0 Å². The third-order valence-electron chi connectivity index (χ3n) is 3.97. The second-order valence-electron chi connectivity index (χ2n) is 5.68. The van der Waals surface area contributed by atoms with Crippen molar-refractivity contribution in [2.75, 3.05) is 6.61 Å². The molecule has 0 atom stereocenters. The van der Waals surface area contributed by atoms with Crippen molar-refractivity contribution in [1.29, 1.82) is 0 Å². The molecule has 0 saturated carbocycles. The third kappa shape index (κ3) is 2.61. The Morgan fingerprint density at radius 2 is 1.83 bits per heavy atom. The molecule has 0 radical (unpaired) electrons. The molecule has 2 aromatic carbocycles. The van der Waals surface area contributed by atoms with E-state index in [-0.39, 0.29) is 0 Å². The molecule has 0 spiro atoms. The Morgan fingerprint density at radius 3 is 2.65 bits per heavy atom. The van der Waals surface area contributed by atoms with Gasteiger partial charge >= 0.3 is 0 Å². The van der Waals surface area contributed by atoms with Gasteiger partial charge in [0.1, 0.15) is 16.8 Å². The van der Waals surface area contributed by atoms with Gasteiger partial charge in [-0.15, -0.1) is 0 Å². The van der Waals surface area contributed by atoms with Gasteiger partial charge in [0.05, 0.1) is 17.6 Å². The molecule has 0 N–H and O–H groups in total. The van der Waals surface area contributed by atoms with Crippen LogP contribution in [0.25, 0.3) is 33.2 Å². The maximum Gasteiger partial charge on any atom is 0.246 e. The molecular formula is C19H18N2O2. The second-order valence-corrected chi connectivity index (χ2v) is 5.68. The minimum atomic E-state index is 0.571. The number of para-hydroxylation sites is 2. The molecule has 4 heteroatoms. The highest BCUT2D eigenvalue weighted by atomic mass is 16.5. The zero-order chi connectivity index (χ0) is 15.6. The molecule has 2 heterocycles. The molecule has 0 amide bonds. The Hall–Kier alpha value is -2.62. The quantitative estimate of drug-likeness (QED) is 0.481. The number of unbranched alkanes of at least 4 members (excludes halogenated alkanes) is 2. The van der Waals surface area contributed by atoms with E-state index in [9.17, 15) is 0 Å². The summed E-state index contributed by atoms with van der Waals surface area (Å²) in [5, 5.41) is 0.971. The van der Waals surface area contributed by atoms with Crippen LogP contribution in [0, 0.1) is 0 Å². The van der Waals surface area contributed by atoms with E-state index in [4.69, 9.17) is 9.15 Å². The van der Waals surface area contributed by atoms with E-state index in [1.807, 2.05) is 42.5 Å². The predicted octanol–water partition coefficient (Wildman–Crippen LogP) is 5.10. The topological polar surface area (TPSA) is 48.2 Å². The van der Waals surface area contributed by atoms with Crippen molar-refractivity contribution < 1.29 is 9.15 Å². The van der Waals surface area contributed by atoms with Gasteiger partial charge in [0, 0.05) is 11.5 Å². The lowest BCUT2D eigenvalue weighted by atomic mass is 10.2. The normalized spacial score (nSPS) is 11.5. The van der Waals surface area contributed by atoms with Crippen molar-refractivity contribution in [2.24, 2.45) is 0 Å². The summed E-state index contributed by atoms with van der Waals surface area (Å²) in [6.45, 7) is 2.92. The van der Waals surface area contributed by atoms with E-state index in [2.05, 4.69) is 16.9 Å². The number of hydrogen-bond acceptors (Lipinski definition) is 4. The molecule has 0 saturated heterocycles. The first-order valence-electron chi connectivity index (χ1n) is 8.07. The van der Waals surface area contributed by atoms with Crippen LogP contribution >= 0.6 is 0 Å².